The molecule has 14 atom stereocenters. The van der Waals surface area contributed by atoms with Crippen molar-refractivity contribution in [1.82, 2.24) is 79.8 Å². The first-order chi connectivity index (χ1) is 36.4. The number of hydrogen-bond acceptors (Lipinski definition) is 17. The van der Waals surface area contributed by atoms with Crippen molar-refractivity contribution in [2.45, 2.75) is 182 Å². The van der Waals surface area contributed by atoms with Gasteiger partial charge in [-0.15, -0.1) is 0 Å². The molecule has 0 bridgehead atoms. The normalized spacial score (nSPS) is 16.0. The standard InChI is InChI=1S/C46H77N15O18/c1-17(50-36(68)20(4)53-38(70)23(7)55-40(72)25(9)56-39(71)24(8)54-37(69)21(5)51-34(66)18(2)48-30(14)63)33(65)47-15-32(64)49-19(3)35(67)52-22(6)41(73)58-28(12)44(76)61-31(16-62)45(77)59-27(11)42(74)57-26(10)43(75)60-29(13)46(78)79/h17-29,31,62H,15-16H2,1-14H3,(H,47,65)(H,48,63)(H,49,64)(H,50,68)(H,51,66)(H,52,67)(H,53,70)(H,54,69)(H,55,72)(H,56,71)(H,57,74)(H,58,73)(H,59,77)(H,60,75)(H,61,76)(H,78,79)/t17-,18-,19-,20-,21-,22-,23-,24-,25-,26-,27-,28-,29-,31-/m0/s1. The number of carbonyl (C=O) groups excluding carboxylic acids is 15. The van der Waals surface area contributed by atoms with Crippen LogP contribution in [0.2, 0.25) is 0 Å². The molecule has 0 radical (unpaired) electrons. The Labute approximate surface area is 455 Å². The zero-order valence-electron chi connectivity index (χ0n) is 46.4. The Balaban J connectivity index is 4.94. The lowest BCUT2D eigenvalue weighted by Gasteiger charge is -2.23. The molecule has 0 spiro atoms. The molecule has 0 aromatic carbocycles. The summed E-state index contributed by atoms with van der Waals surface area (Å²) in [5.74, 6) is -13.6. The van der Waals surface area contributed by atoms with Gasteiger partial charge in [-0.3, -0.25) is 76.7 Å². The summed E-state index contributed by atoms with van der Waals surface area (Å²) >= 11 is 0. The van der Waals surface area contributed by atoms with Crippen molar-refractivity contribution in [3.63, 3.8) is 0 Å². The van der Waals surface area contributed by atoms with Gasteiger partial charge in [-0.05, 0) is 90.0 Å². The van der Waals surface area contributed by atoms with E-state index in [9.17, 15) is 81.8 Å². The van der Waals surface area contributed by atoms with Gasteiger partial charge in [0.2, 0.25) is 88.6 Å². The smallest absolute Gasteiger partial charge is 0.325 e. The van der Waals surface area contributed by atoms with E-state index in [-0.39, 0.29) is 0 Å². The molecule has 0 rings (SSSR count). The lowest BCUT2D eigenvalue weighted by atomic mass is 10.2. The largest absolute Gasteiger partial charge is 0.480 e. The minimum absolute atomic E-state index is 0.457. The fourth-order valence-electron chi connectivity index (χ4n) is 5.95. The van der Waals surface area contributed by atoms with Crippen molar-refractivity contribution in [2.75, 3.05) is 13.2 Å². The minimum atomic E-state index is -1.62. The van der Waals surface area contributed by atoms with Gasteiger partial charge in [-0.1, -0.05) is 0 Å². The maximum absolute atomic E-state index is 12.8. The molecule has 0 fully saturated rings. The second kappa shape index (κ2) is 33.6. The topological polar surface area (TPSA) is 494 Å². The number of nitrogens with one attached hydrogen (secondary N) is 15. The number of carbonyl (C=O) groups is 16. The molecule has 0 heterocycles. The molecule has 0 saturated heterocycles. The van der Waals surface area contributed by atoms with E-state index in [1.807, 2.05) is 0 Å². The van der Waals surface area contributed by atoms with E-state index in [1.54, 1.807) is 0 Å². The molecule has 0 aromatic heterocycles. The first kappa shape index (κ1) is 70.5. The molecule has 17 N–H and O–H groups in total. The van der Waals surface area contributed by atoms with Crippen LogP contribution in [0.15, 0.2) is 0 Å². The van der Waals surface area contributed by atoms with Crippen LogP contribution in [-0.4, -0.2) is 203 Å². The summed E-state index contributed by atoms with van der Waals surface area (Å²) in [5.41, 5.74) is 0. The summed E-state index contributed by atoms with van der Waals surface area (Å²) in [6, 6.07) is -17.5. The Morgan fingerprint density at radius 3 is 0.722 bits per heavy atom. The predicted molar refractivity (Wildman–Crippen MR) is 274 cm³/mol. The van der Waals surface area contributed by atoms with Crippen LogP contribution in [0.5, 0.6) is 0 Å². The van der Waals surface area contributed by atoms with E-state index in [0.29, 0.717) is 0 Å². The Kier molecular flexibility index (Phi) is 30.0. The third-order valence-corrected chi connectivity index (χ3v) is 11.1. The average Bonchev–Trinajstić information content (AvgIpc) is 3.35. The van der Waals surface area contributed by atoms with Gasteiger partial charge in [0.05, 0.1) is 13.2 Å². The molecule has 33 heteroatoms. The van der Waals surface area contributed by atoms with Crippen LogP contribution in [0.4, 0.5) is 0 Å². The summed E-state index contributed by atoms with van der Waals surface area (Å²) in [7, 11) is 0. The van der Waals surface area contributed by atoms with Crippen LogP contribution in [0, 0.1) is 0 Å². The third kappa shape index (κ3) is 25.9. The zero-order chi connectivity index (χ0) is 61.3. The lowest BCUT2D eigenvalue weighted by Crippen LogP contribution is -2.59. The maximum Gasteiger partial charge on any atom is 0.325 e. The highest BCUT2D eigenvalue weighted by molar-refractivity contribution is 5.99. The van der Waals surface area contributed by atoms with Gasteiger partial charge in [0.1, 0.15) is 84.6 Å². The summed E-state index contributed by atoms with van der Waals surface area (Å²) in [4.78, 5) is 199. The van der Waals surface area contributed by atoms with Crippen molar-refractivity contribution in [3.8, 4) is 0 Å². The number of amides is 15. The molecule has 0 aromatic rings. The highest BCUT2D eigenvalue weighted by Gasteiger charge is 2.31. The van der Waals surface area contributed by atoms with Crippen molar-refractivity contribution in [2.24, 2.45) is 0 Å². The van der Waals surface area contributed by atoms with Gasteiger partial charge in [-0.25, -0.2) is 0 Å². The second-order valence-corrected chi connectivity index (χ2v) is 18.5. The van der Waals surface area contributed by atoms with Crippen LogP contribution in [0.25, 0.3) is 0 Å². The maximum atomic E-state index is 12.8. The van der Waals surface area contributed by atoms with E-state index < -0.39 is 192 Å². The van der Waals surface area contributed by atoms with Gasteiger partial charge < -0.3 is 90.0 Å². The summed E-state index contributed by atoms with van der Waals surface area (Å²) in [6.07, 6.45) is 0. The van der Waals surface area contributed by atoms with Crippen LogP contribution in [0.1, 0.15) is 96.9 Å². The first-order valence-electron chi connectivity index (χ1n) is 24.8. The van der Waals surface area contributed by atoms with E-state index in [2.05, 4.69) is 79.8 Å². The van der Waals surface area contributed by atoms with Gasteiger partial charge in [0.25, 0.3) is 0 Å². The molecule has 444 valence electrons. The van der Waals surface area contributed by atoms with Gasteiger partial charge in [0, 0.05) is 6.92 Å². The Bertz CT molecular complexity index is 2300. The van der Waals surface area contributed by atoms with Crippen molar-refractivity contribution >= 4 is 94.6 Å². The number of aliphatic hydroxyl groups is 1. The molecule has 0 unspecified atom stereocenters. The lowest BCUT2D eigenvalue weighted by molar-refractivity contribution is -0.141. The molecule has 79 heavy (non-hydrogen) atoms. The highest BCUT2D eigenvalue weighted by atomic mass is 16.4. The van der Waals surface area contributed by atoms with Crippen LogP contribution in [-0.2, 0) is 76.7 Å². The van der Waals surface area contributed by atoms with Crippen molar-refractivity contribution in [3.05, 3.63) is 0 Å². The fraction of sp³-hybridized carbons (Fsp3) is 0.652. The van der Waals surface area contributed by atoms with Crippen molar-refractivity contribution in [1.29, 1.82) is 0 Å². The van der Waals surface area contributed by atoms with Crippen molar-refractivity contribution < 1.29 is 86.9 Å². The molecule has 33 nitrogen and oxygen atoms in total. The van der Waals surface area contributed by atoms with E-state index in [0.717, 1.165) is 0 Å². The quantitative estimate of drug-likeness (QED) is 0.0307. The van der Waals surface area contributed by atoms with Crippen LogP contribution < -0.4 is 79.8 Å². The van der Waals surface area contributed by atoms with Gasteiger partial charge >= 0.3 is 5.97 Å². The second-order valence-electron chi connectivity index (χ2n) is 18.5. The molecular formula is C46H77N15O18. The number of aliphatic carboxylic acids is 1. The SMILES string of the molecule is CC(=O)N[C@@H](C)C(=O)N[C@@H](C)C(=O)N[C@@H](C)C(=O)N[C@@H](C)C(=O)N[C@@H](C)C(=O)N[C@@H](C)C(=O)N[C@@H](C)C(=O)NCC(=O)N[C@@H](C)C(=O)N[C@@H](C)C(=O)N[C@@H](C)C(=O)N[C@@H](CO)C(=O)N[C@@H](C)C(=O)N[C@@H](C)C(=O)N[C@@H](C)C(=O)O. The number of rotatable bonds is 31. The Hall–Kier alpha value is -8.52. The number of aliphatic hydroxyl groups excluding tert-OH is 1. The molecule has 15 amide bonds. The first-order valence-corrected chi connectivity index (χ1v) is 24.8. The van der Waals surface area contributed by atoms with Gasteiger partial charge in [-0.2, -0.15) is 0 Å². The molecule has 0 aliphatic rings. The number of hydrogen-bond donors (Lipinski definition) is 17. The number of carboxylic acid groups (broad SMARTS) is 1. The highest BCUT2D eigenvalue weighted by Crippen LogP contribution is 1.98. The van der Waals surface area contributed by atoms with E-state index >= 15 is 0 Å². The summed E-state index contributed by atoms with van der Waals surface area (Å²) in [6.45, 7) is 16.2. The van der Waals surface area contributed by atoms with E-state index in [4.69, 9.17) is 5.11 Å². The minimum Gasteiger partial charge on any atom is -0.480 e. The number of carboxylic acids is 1. The molecular weight excluding hydrogens is 1050 g/mol. The van der Waals surface area contributed by atoms with E-state index in [1.165, 1.54) is 96.9 Å². The van der Waals surface area contributed by atoms with Gasteiger partial charge in [0.15, 0.2) is 0 Å². The molecule has 0 aliphatic carbocycles. The molecule has 0 saturated carbocycles. The van der Waals surface area contributed by atoms with Crippen LogP contribution in [0.3, 0.4) is 0 Å². The van der Waals surface area contributed by atoms with Crippen LogP contribution >= 0.6 is 0 Å². The monoisotopic (exact) mass is 1130 g/mol. The molecule has 0 aliphatic heterocycles. The predicted octanol–water partition coefficient (Wildman–Crippen LogP) is -8.75. The summed E-state index contributed by atoms with van der Waals surface area (Å²) < 4.78 is 0. The average molecular weight is 1130 g/mol. The zero-order valence-corrected chi connectivity index (χ0v) is 46.4. The Morgan fingerprint density at radius 1 is 0.278 bits per heavy atom. The summed E-state index contributed by atoms with van der Waals surface area (Å²) in [5, 5.41) is 53.4. The fourth-order valence-corrected chi connectivity index (χ4v) is 5.95. The Morgan fingerprint density at radius 2 is 0.481 bits per heavy atom. The third-order valence-electron chi connectivity index (χ3n) is 11.1.